The standard InChI is InChI=1S/C22H19ClFN5O3/c1-31-15-5-2-4-14(12-15)22-27-26-19-8-9-21(28-29(19)22)32-11-10-25-20(30)13-16-17(23)6-3-7-18(16)24/h2-9,12H,10-11,13H2,1H3,(H,25,30). The predicted molar refractivity (Wildman–Crippen MR) is 116 cm³/mol. The maximum atomic E-state index is 13.8. The van der Waals surface area contributed by atoms with Gasteiger partial charge >= 0.3 is 0 Å². The first-order chi connectivity index (χ1) is 15.5. The van der Waals surface area contributed by atoms with Gasteiger partial charge in [0, 0.05) is 22.2 Å². The van der Waals surface area contributed by atoms with E-state index in [1.54, 1.807) is 29.8 Å². The summed E-state index contributed by atoms with van der Waals surface area (Å²) < 4.78 is 26.3. The van der Waals surface area contributed by atoms with Gasteiger partial charge in [0.15, 0.2) is 11.5 Å². The second-order valence-electron chi connectivity index (χ2n) is 6.77. The number of rotatable bonds is 8. The molecule has 0 aliphatic carbocycles. The number of amides is 1. The Morgan fingerprint density at radius 2 is 2.00 bits per heavy atom. The lowest BCUT2D eigenvalue weighted by molar-refractivity contribution is -0.120. The Hall–Kier alpha value is -3.72. The molecule has 2 aromatic carbocycles. The van der Waals surface area contributed by atoms with E-state index >= 15 is 0 Å². The van der Waals surface area contributed by atoms with Crippen molar-refractivity contribution in [1.29, 1.82) is 0 Å². The number of fused-ring (bicyclic) bond motifs is 1. The number of nitrogens with zero attached hydrogens (tertiary/aromatic N) is 4. The fourth-order valence-corrected chi connectivity index (χ4v) is 3.29. The molecule has 10 heteroatoms. The van der Waals surface area contributed by atoms with E-state index in [0.29, 0.717) is 23.1 Å². The molecular formula is C22H19ClFN5O3. The maximum Gasteiger partial charge on any atom is 0.231 e. The molecule has 32 heavy (non-hydrogen) atoms. The summed E-state index contributed by atoms with van der Waals surface area (Å²) in [5.74, 6) is 0.705. The molecule has 4 rings (SSSR count). The molecular weight excluding hydrogens is 437 g/mol. The molecule has 8 nitrogen and oxygen atoms in total. The maximum absolute atomic E-state index is 13.8. The largest absolute Gasteiger partial charge is 0.497 e. The average Bonchev–Trinajstić information content (AvgIpc) is 3.22. The van der Waals surface area contributed by atoms with Crippen molar-refractivity contribution in [3.8, 4) is 23.0 Å². The Morgan fingerprint density at radius 1 is 1.16 bits per heavy atom. The highest BCUT2D eigenvalue weighted by Gasteiger charge is 2.13. The van der Waals surface area contributed by atoms with Gasteiger partial charge in [-0.25, -0.2) is 4.39 Å². The minimum absolute atomic E-state index is 0.152. The van der Waals surface area contributed by atoms with Crippen molar-refractivity contribution in [3.05, 3.63) is 71.0 Å². The highest BCUT2D eigenvalue weighted by molar-refractivity contribution is 6.31. The predicted octanol–water partition coefficient (Wildman–Crippen LogP) is 3.33. The van der Waals surface area contributed by atoms with Gasteiger partial charge in [-0.3, -0.25) is 4.79 Å². The lowest BCUT2D eigenvalue weighted by Gasteiger charge is -2.09. The van der Waals surface area contributed by atoms with Crippen LogP contribution in [0.3, 0.4) is 0 Å². The normalized spacial score (nSPS) is 10.8. The van der Waals surface area contributed by atoms with Crippen LogP contribution in [0.2, 0.25) is 5.02 Å². The van der Waals surface area contributed by atoms with Gasteiger partial charge in [-0.1, -0.05) is 29.8 Å². The Balaban J connectivity index is 1.37. The van der Waals surface area contributed by atoms with Crippen molar-refractivity contribution >= 4 is 23.2 Å². The van der Waals surface area contributed by atoms with Gasteiger partial charge in [-0.05, 0) is 30.3 Å². The summed E-state index contributed by atoms with van der Waals surface area (Å²) in [5, 5.41) is 15.6. The highest BCUT2D eigenvalue weighted by atomic mass is 35.5. The molecule has 0 spiro atoms. The molecule has 0 atom stereocenters. The molecule has 0 saturated carbocycles. The van der Waals surface area contributed by atoms with Crippen molar-refractivity contribution in [2.45, 2.75) is 6.42 Å². The Morgan fingerprint density at radius 3 is 2.81 bits per heavy atom. The van der Waals surface area contributed by atoms with Crippen LogP contribution >= 0.6 is 11.6 Å². The van der Waals surface area contributed by atoms with Gasteiger partial charge in [0.25, 0.3) is 0 Å². The zero-order valence-electron chi connectivity index (χ0n) is 17.1. The molecule has 0 unspecified atom stereocenters. The Bertz CT molecular complexity index is 1240. The SMILES string of the molecule is COc1cccc(-c2nnc3ccc(OCCNC(=O)Cc4c(F)cccc4Cl)nn23)c1. The second-order valence-corrected chi connectivity index (χ2v) is 7.18. The number of nitrogens with one attached hydrogen (secondary N) is 1. The van der Waals surface area contributed by atoms with Crippen LogP contribution in [0.15, 0.2) is 54.6 Å². The molecule has 0 radical (unpaired) electrons. The molecule has 164 valence electrons. The fraction of sp³-hybridized carbons (Fsp3) is 0.182. The highest BCUT2D eigenvalue weighted by Crippen LogP contribution is 2.23. The van der Waals surface area contributed by atoms with E-state index in [4.69, 9.17) is 21.1 Å². The summed E-state index contributed by atoms with van der Waals surface area (Å²) >= 11 is 5.95. The molecule has 0 aliphatic heterocycles. The molecule has 0 aliphatic rings. The summed E-state index contributed by atoms with van der Waals surface area (Å²) in [6.07, 6.45) is -0.152. The van der Waals surface area contributed by atoms with E-state index in [2.05, 4.69) is 20.6 Å². The summed E-state index contributed by atoms with van der Waals surface area (Å²) in [6, 6.07) is 15.1. The van der Waals surface area contributed by atoms with E-state index in [1.165, 1.54) is 12.1 Å². The fourth-order valence-electron chi connectivity index (χ4n) is 3.06. The molecule has 1 N–H and O–H groups in total. The van der Waals surface area contributed by atoms with Crippen molar-refractivity contribution in [2.24, 2.45) is 0 Å². The number of benzene rings is 2. The van der Waals surface area contributed by atoms with Gasteiger partial charge in [0.05, 0.1) is 20.1 Å². The lowest BCUT2D eigenvalue weighted by atomic mass is 10.1. The Kier molecular flexibility index (Phi) is 6.46. The molecule has 2 heterocycles. The third-order valence-corrected chi connectivity index (χ3v) is 4.99. The van der Waals surface area contributed by atoms with Crippen molar-refractivity contribution in [3.63, 3.8) is 0 Å². The number of hydrogen-bond donors (Lipinski definition) is 1. The molecule has 4 aromatic rings. The number of ether oxygens (including phenoxy) is 2. The van der Waals surface area contributed by atoms with Gasteiger partial charge < -0.3 is 14.8 Å². The Labute approximate surface area is 187 Å². The minimum atomic E-state index is -0.512. The topological polar surface area (TPSA) is 90.6 Å². The number of hydrogen-bond acceptors (Lipinski definition) is 6. The van der Waals surface area contributed by atoms with E-state index < -0.39 is 5.82 Å². The number of carbonyl (C=O) groups excluding carboxylic acids is 1. The van der Waals surface area contributed by atoms with E-state index in [-0.39, 0.29) is 36.1 Å². The van der Waals surface area contributed by atoms with Crippen LogP contribution in [0.4, 0.5) is 4.39 Å². The summed E-state index contributed by atoms with van der Waals surface area (Å²) in [6.45, 7) is 0.390. The third kappa shape index (κ3) is 4.78. The molecule has 1 amide bonds. The quantitative estimate of drug-likeness (QED) is 0.410. The van der Waals surface area contributed by atoms with Crippen molar-refractivity contribution in [1.82, 2.24) is 25.1 Å². The van der Waals surface area contributed by atoms with Gasteiger partial charge in [0.2, 0.25) is 11.8 Å². The first-order valence-electron chi connectivity index (χ1n) is 9.74. The summed E-state index contributed by atoms with van der Waals surface area (Å²) in [4.78, 5) is 12.1. The van der Waals surface area contributed by atoms with Crippen LogP contribution in [-0.2, 0) is 11.2 Å². The van der Waals surface area contributed by atoms with Gasteiger partial charge in [0.1, 0.15) is 18.2 Å². The average molecular weight is 456 g/mol. The van der Waals surface area contributed by atoms with Gasteiger partial charge in [-0.2, -0.15) is 4.52 Å². The van der Waals surface area contributed by atoms with Crippen LogP contribution < -0.4 is 14.8 Å². The first kappa shape index (κ1) is 21.5. The van der Waals surface area contributed by atoms with Crippen LogP contribution in [0.1, 0.15) is 5.56 Å². The zero-order valence-corrected chi connectivity index (χ0v) is 17.8. The molecule has 0 bridgehead atoms. The molecule has 0 fully saturated rings. The van der Waals surface area contributed by atoms with Crippen LogP contribution in [0, 0.1) is 5.82 Å². The number of carbonyl (C=O) groups is 1. The number of methoxy groups -OCH3 is 1. The number of halogens is 2. The summed E-state index contributed by atoms with van der Waals surface area (Å²) in [7, 11) is 1.59. The lowest BCUT2D eigenvalue weighted by Crippen LogP contribution is -2.29. The van der Waals surface area contributed by atoms with E-state index in [9.17, 15) is 9.18 Å². The third-order valence-electron chi connectivity index (χ3n) is 4.64. The van der Waals surface area contributed by atoms with Crippen LogP contribution in [0.25, 0.3) is 17.0 Å². The smallest absolute Gasteiger partial charge is 0.231 e. The molecule has 2 aromatic heterocycles. The zero-order chi connectivity index (χ0) is 22.5. The number of aromatic nitrogens is 4. The van der Waals surface area contributed by atoms with Crippen molar-refractivity contribution in [2.75, 3.05) is 20.3 Å². The van der Waals surface area contributed by atoms with Crippen LogP contribution in [0.5, 0.6) is 11.6 Å². The molecule has 0 saturated heterocycles. The van der Waals surface area contributed by atoms with Crippen LogP contribution in [-0.4, -0.2) is 46.0 Å². The monoisotopic (exact) mass is 455 g/mol. The first-order valence-corrected chi connectivity index (χ1v) is 10.1. The minimum Gasteiger partial charge on any atom is -0.497 e. The van der Waals surface area contributed by atoms with E-state index in [0.717, 1.165) is 5.56 Å². The van der Waals surface area contributed by atoms with Crippen molar-refractivity contribution < 1.29 is 18.7 Å². The summed E-state index contributed by atoms with van der Waals surface area (Å²) in [5.41, 5.74) is 1.52. The second kappa shape index (κ2) is 9.61. The van der Waals surface area contributed by atoms with E-state index in [1.807, 2.05) is 24.3 Å². The van der Waals surface area contributed by atoms with Gasteiger partial charge in [-0.15, -0.1) is 15.3 Å².